The quantitative estimate of drug-likeness (QED) is 0.807. The molecule has 0 aromatic heterocycles. The van der Waals surface area contributed by atoms with E-state index < -0.39 is 5.60 Å². The van der Waals surface area contributed by atoms with Gasteiger partial charge in [-0.2, -0.15) is 0 Å². The Kier molecular flexibility index (Phi) is 2.51. The summed E-state index contributed by atoms with van der Waals surface area (Å²) in [7, 11) is 1.68. The number of piperidine rings is 1. The van der Waals surface area contributed by atoms with Gasteiger partial charge in [-0.25, -0.2) is 4.42 Å². The topological polar surface area (TPSA) is 41.9 Å². The standard InChI is InChI=1S/C17H20ClNO3/c1-21-11-5-4-10-9-12-17(20)6-2-3-13-16(17,7-8-19(12)18)14(10)15(11)22-13/h4-5,12-13,20H,2-3,6-9H2,1H3/t12-,13+,16-,17-/m1/s1. The van der Waals surface area contributed by atoms with Crippen LogP contribution in [0.3, 0.4) is 0 Å². The van der Waals surface area contributed by atoms with Crippen molar-refractivity contribution in [3.63, 3.8) is 0 Å². The third-order valence-electron chi connectivity index (χ3n) is 6.50. The molecule has 5 heteroatoms. The molecule has 4 aliphatic rings. The number of rotatable bonds is 1. The van der Waals surface area contributed by atoms with Crippen LogP contribution in [0, 0.1) is 0 Å². The minimum absolute atomic E-state index is 0.0267. The molecule has 1 aromatic carbocycles. The summed E-state index contributed by atoms with van der Waals surface area (Å²) >= 11 is 6.49. The second-order valence-corrected chi connectivity index (χ2v) is 7.55. The van der Waals surface area contributed by atoms with Crippen LogP contribution in [0.4, 0.5) is 0 Å². The van der Waals surface area contributed by atoms with Crippen molar-refractivity contribution in [2.24, 2.45) is 0 Å². The Balaban J connectivity index is 1.84. The molecule has 118 valence electrons. The van der Waals surface area contributed by atoms with Crippen LogP contribution in [0.5, 0.6) is 11.5 Å². The summed E-state index contributed by atoms with van der Waals surface area (Å²) in [6.07, 6.45) is 4.46. The monoisotopic (exact) mass is 321 g/mol. The molecular weight excluding hydrogens is 302 g/mol. The first-order valence-corrected chi connectivity index (χ1v) is 8.47. The number of benzene rings is 1. The number of nitrogens with zero attached hydrogens (tertiary/aromatic N) is 1. The molecule has 4 nitrogen and oxygen atoms in total. The smallest absolute Gasteiger partial charge is 0.165 e. The van der Waals surface area contributed by atoms with E-state index in [2.05, 4.69) is 6.07 Å². The van der Waals surface area contributed by atoms with Crippen molar-refractivity contribution in [3.05, 3.63) is 23.3 Å². The summed E-state index contributed by atoms with van der Waals surface area (Å²) in [6.45, 7) is 0.796. The zero-order chi connectivity index (χ0) is 15.1. The zero-order valence-electron chi connectivity index (χ0n) is 12.6. The molecule has 2 bridgehead atoms. The molecule has 4 atom stereocenters. The number of halogens is 1. The van der Waals surface area contributed by atoms with Crippen molar-refractivity contribution in [2.75, 3.05) is 13.7 Å². The van der Waals surface area contributed by atoms with Crippen LogP contribution in [0.2, 0.25) is 0 Å². The van der Waals surface area contributed by atoms with E-state index >= 15 is 0 Å². The van der Waals surface area contributed by atoms with Crippen molar-refractivity contribution in [1.82, 2.24) is 4.42 Å². The van der Waals surface area contributed by atoms with Gasteiger partial charge in [-0.3, -0.25) is 0 Å². The molecule has 0 amide bonds. The van der Waals surface area contributed by atoms with Gasteiger partial charge in [0.25, 0.3) is 0 Å². The summed E-state index contributed by atoms with van der Waals surface area (Å²) < 4.78 is 13.7. The highest BCUT2D eigenvalue weighted by atomic mass is 35.5. The number of ether oxygens (including phenoxy) is 2. The van der Waals surface area contributed by atoms with E-state index in [1.165, 1.54) is 11.1 Å². The molecule has 0 radical (unpaired) electrons. The van der Waals surface area contributed by atoms with Gasteiger partial charge in [0.2, 0.25) is 0 Å². The Morgan fingerprint density at radius 3 is 3.09 bits per heavy atom. The third-order valence-corrected chi connectivity index (χ3v) is 6.91. The van der Waals surface area contributed by atoms with E-state index in [1.807, 2.05) is 10.5 Å². The van der Waals surface area contributed by atoms with Crippen molar-refractivity contribution in [3.8, 4) is 11.5 Å². The number of hydrogen-bond donors (Lipinski definition) is 1. The molecule has 2 aliphatic carbocycles. The molecule has 1 spiro atoms. The summed E-state index contributed by atoms with van der Waals surface area (Å²) in [4.78, 5) is 0. The fraction of sp³-hybridized carbons (Fsp3) is 0.647. The minimum Gasteiger partial charge on any atom is -0.493 e. The van der Waals surface area contributed by atoms with Crippen LogP contribution in [0.1, 0.15) is 36.8 Å². The average Bonchev–Trinajstić information content (AvgIpc) is 2.85. The lowest BCUT2D eigenvalue weighted by Gasteiger charge is -2.61. The fourth-order valence-electron chi connectivity index (χ4n) is 5.64. The number of hydrogen-bond acceptors (Lipinski definition) is 4. The van der Waals surface area contributed by atoms with E-state index in [0.29, 0.717) is 0 Å². The molecule has 22 heavy (non-hydrogen) atoms. The average molecular weight is 322 g/mol. The second-order valence-electron chi connectivity index (χ2n) is 7.12. The lowest BCUT2D eigenvalue weighted by atomic mass is 9.49. The van der Waals surface area contributed by atoms with Gasteiger partial charge in [-0.15, -0.1) is 0 Å². The van der Waals surface area contributed by atoms with Gasteiger partial charge in [-0.1, -0.05) is 6.07 Å². The maximum atomic E-state index is 11.7. The molecule has 1 saturated carbocycles. The maximum Gasteiger partial charge on any atom is 0.165 e. The first-order chi connectivity index (χ1) is 10.6. The Morgan fingerprint density at radius 2 is 2.27 bits per heavy atom. The van der Waals surface area contributed by atoms with Gasteiger partial charge in [0.05, 0.1) is 24.2 Å². The van der Waals surface area contributed by atoms with Crippen LogP contribution < -0.4 is 9.47 Å². The minimum atomic E-state index is -0.791. The third kappa shape index (κ3) is 1.26. The van der Waals surface area contributed by atoms with Crippen LogP contribution >= 0.6 is 11.8 Å². The molecule has 1 aromatic rings. The van der Waals surface area contributed by atoms with Crippen molar-refractivity contribution in [2.45, 2.75) is 55.3 Å². The molecule has 5 rings (SSSR count). The van der Waals surface area contributed by atoms with E-state index in [-0.39, 0.29) is 17.6 Å². The molecular formula is C17H20ClNO3. The summed E-state index contributed by atoms with van der Waals surface area (Å²) in [6, 6.07) is 4.09. The Bertz CT molecular complexity index is 666. The largest absolute Gasteiger partial charge is 0.493 e. The van der Waals surface area contributed by atoms with E-state index in [9.17, 15) is 5.11 Å². The van der Waals surface area contributed by atoms with Gasteiger partial charge in [0.1, 0.15) is 6.10 Å². The molecule has 1 N–H and O–H groups in total. The van der Waals surface area contributed by atoms with Crippen LogP contribution in [-0.4, -0.2) is 40.9 Å². The first-order valence-electron chi connectivity index (χ1n) is 8.13. The van der Waals surface area contributed by atoms with Gasteiger partial charge in [0.15, 0.2) is 11.5 Å². The molecule has 1 saturated heterocycles. The van der Waals surface area contributed by atoms with E-state index in [4.69, 9.17) is 21.3 Å². The fourth-order valence-corrected chi connectivity index (χ4v) is 5.95. The second kappa shape index (κ2) is 4.11. The SMILES string of the molecule is COc1ccc2c3c1O[C@H]1CCC[C@@]4(O)[C@@H](C2)N(Cl)CC[C@]314. The van der Waals surface area contributed by atoms with Crippen molar-refractivity contribution in [1.29, 1.82) is 0 Å². The van der Waals surface area contributed by atoms with Gasteiger partial charge in [0, 0.05) is 12.1 Å². The van der Waals surface area contributed by atoms with Crippen molar-refractivity contribution >= 4 is 11.8 Å². The van der Waals surface area contributed by atoms with Gasteiger partial charge < -0.3 is 14.6 Å². The van der Waals surface area contributed by atoms with E-state index in [1.54, 1.807) is 7.11 Å². The van der Waals surface area contributed by atoms with Crippen molar-refractivity contribution < 1.29 is 14.6 Å². The lowest BCUT2D eigenvalue weighted by molar-refractivity contribution is -0.169. The molecule has 2 aliphatic heterocycles. The van der Waals surface area contributed by atoms with Crippen LogP contribution in [0.15, 0.2) is 12.1 Å². The Morgan fingerprint density at radius 1 is 1.41 bits per heavy atom. The summed E-state index contributed by atoms with van der Waals surface area (Å²) in [5, 5.41) is 11.7. The highest BCUT2D eigenvalue weighted by Crippen LogP contribution is 2.65. The lowest BCUT2D eigenvalue weighted by Crippen LogP contribution is -2.73. The molecule has 2 heterocycles. The first kappa shape index (κ1) is 13.5. The normalized spacial score (nSPS) is 41.8. The Hall–Kier alpha value is -0.970. The van der Waals surface area contributed by atoms with E-state index in [0.717, 1.165) is 50.1 Å². The number of aliphatic hydroxyl groups is 1. The summed E-state index contributed by atoms with van der Waals surface area (Å²) in [5.41, 5.74) is 1.37. The highest BCUT2D eigenvalue weighted by molar-refractivity contribution is 6.13. The van der Waals surface area contributed by atoms with Gasteiger partial charge in [-0.05, 0) is 55.5 Å². The zero-order valence-corrected chi connectivity index (χ0v) is 13.4. The highest BCUT2D eigenvalue weighted by Gasteiger charge is 2.71. The number of methoxy groups -OCH3 is 1. The maximum absolute atomic E-state index is 11.7. The predicted octanol–water partition coefficient (Wildman–Crippen LogP) is 2.39. The molecule has 0 unspecified atom stereocenters. The molecule has 2 fully saturated rings. The predicted molar refractivity (Wildman–Crippen MR) is 82.6 cm³/mol. The summed E-state index contributed by atoms with van der Waals surface area (Å²) in [5.74, 6) is 1.66. The van der Waals surface area contributed by atoms with Crippen LogP contribution in [0.25, 0.3) is 0 Å². The Labute approximate surface area is 135 Å². The van der Waals surface area contributed by atoms with Gasteiger partial charge >= 0.3 is 0 Å². The van der Waals surface area contributed by atoms with Crippen LogP contribution in [-0.2, 0) is 11.8 Å².